The Labute approximate surface area is 132 Å². The molecule has 0 amide bonds. The fourth-order valence-corrected chi connectivity index (χ4v) is 3.06. The van der Waals surface area contributed by atoms with Gasteiger partial charge in [0.05, 0.1) is 6.10 Å². The molecule has 0 radical (unpaired) electrons. The molecule has 2 nitrogen and oxygen atoms in total. The summed E-state index contributed by atoms with van der Waals surface area (Å²) in [5.41, 5.74) is 4.98. The lowest BCUT2D eigenvalue weighted by Crippen LogP contribution is -2.19. The second kappa shape index (κ2) is 6.61. The van der Waals surface area contributed by atoms with E-state index in [4.69, 9.17) is 0 Å². The molecule has 0 fully saturated rings. The van der Waals surface area contributed by atoms with E-state index in [2.05, 4.69) is 55.3 Å². The van der Waals surface area contributed by atoms with Crippen LogP contribution in [0.15, 0.2) is 48.5 Å². The summed E-state index contributed by atoms with van der Waals surface area (Å²) in [6.07, 6.45) is 0.338. The molecule has 1 aliphatic rings. The predicted molar refractivity (Wildman–Crippen MR) is 88.7 cm³/mol. The molecule has 1 aliphatic heterocycles. The fourth-order valence-electron chi connectivity index (χ4n) is 3.06. The summed E-state index contributed by atoms with van der Waals surface area (Å²) in [5, 5.41) is 10.5. The number of aryl methyl sites for hydroxylation is 1. The van der Waals surface area contributed by atoms with Crippen LogP contribution in [0, 0.1) is 6.92 Å². The third kappa shape index (κ3) is 3.29. The van der Waals surface area contributed by atoms with Crippen molar-refractivity contribution in [2.45, 2.75) is 32.0 Å². The molecule has 0 aliphatic carbocycles. The highest BCUT2D eigenvalue weighted by atomic mass is 35.5. The Kier molecular flexibility index (Phi) is 5.04. The number of aliphatic hydroxyl groups excluding tert-OH is 1. The van der Waals surface area contributed by atoms with Gasteiger partial charge >= 0.3 is 0 Å². The standard InChI is InChI=1S/C18H21NO.ClH/c1-13-7-9-14(10-8-13)18(20)11-17-16-6-4-3-5-15(16)12-19(17)2;/h3-10,17-18,20H,11-12H2,1-2H3;1H/t17-,18-;/m1./s1. The van der Waals surface area contributed by atoms with Gasteiger partial charge in [-0.15, -0.1) is 12.4 Å². The molecule has 2 aromatic carbocycles. The first-order valence-corrected chi connectivity index (χ1v) is 7.18. The maximum absolute atomic E-state index is 10.5. The van der Waals surface area contributed by atoms with Gasteiger partial charge in [0.2, 0.25) is 0 Å². The number of nitrogens with zero attached hydrogens (tertiary/aromatic N) is 1. The largest absolute Gasteiger partial charge is 0.388 e. The second-order valence-corrected chi connectivity index (χ2v) is 5.79. The highest BCUT2D eigenvalue weighted by Crippen LogP contribution is 2.38. The molecule has 1 heterocycles. The van der Waals surface area contributed by atoms with Crippen molar-refractivity contribution in [1.82, 2.24) is 4.90 Å². The number of aliphatic hydroxyl groups is 1. The highest BCUT2D eigenvalue weighted by Gasteiger charge is 2.29. The van der Waals surface area contributed by atoms with E-state index in [9.17, 15) is 5.11 Å². The van der Waals surface area contributed by atoms with Crippen LogP contribution in [-0.4, -0.2) is 17.1 Å². The van der Waals surface area contributed by atoms with Gasteiger partial charge in [-0.1, -0.05) is 54.1 Å². The molecule has 21 heavy (non-hydrogen) atoms. The number of halogens is 1. The zero-order valence-corrected chi connectivity index (χ0v) is 13.3. The van der Waals surface area contributed by atoms with Crippen molar-refractivity contribution in [3.8, 4) is 0 Å². The first kappa shape index (κ1) is 16.0. The first-order valence-electron chi connectivity index (χ1n) is 7.18. The van der Waals surface area contributed by atoms with Gasteiger partial charge in [-0.2, -0.15) is 0 Å². The minimum absolute atomic E-state index is 0. The van der Waals surface area contributed by atoms with Crippen LogP contribution < -0.4 is 0 Å². The van der Waals surface area contributed by atoms with Gasteiger partial charge in [-0.05, 0) is 37.1 Å². The van der Waals surface area contributed by atoms with Crippen molar-refractivity contribution < 1.29 is 5.11 Å². The van der Waals surface area contributed by atoms with Crippen LogP contribution in [0.1, 0.15) is 40.8 Å². The van der Waals surface area contributed by atoms with Gasteiger partial charge in [0.1, 0.15) is 0 Å². The average Bonchev–Trinajstić information content (AvgIpc) is 2.76. The molecule has 0 unspecified atom stereocenters. The van der Waals surface area contributed by atoms with E-state index in [1.165, 1.54) is 16.7 Å². The van der Waals surface area contributed by atoms with E-state index in [0.717, 1.165) is 18.5 Å². The summed E-state index contributed by atoms with van der Waals surface area (Å²) in [5.74, 6) is 0. The molecule has 0 aromatic heterocycles. The molecular weight excluding hydrogens is 282 g/mol. The van der Waals surface area contributed by atoms with E-state index in [1.807, 2.05) is 12.1 Å². The summed E-state index contributed by atoms with van der Waals surface area (Å²) < 4.78 is 0. The topological polar surface area (TPSA) is 23.5 Å². The number of rotatable bonds is 3. The first-order chi connectivity index (χ1) is 9.65. The molecule has 2 aromatic rings. The second-order valence-electron chi connectivity index (χ2n) is 5.79. The van der Waals surface area contributed by atoms with E-state index in [1.54, 1.807) is 0 Å². The third-order valence-corrected chi connectivity index (χ3v) is 4.27. The Morgan fingerprint density at radius 3 is 2.52 bits per heavy atom. The number of hydrogen-bond donors (Lipinski definition) is 1. The van der Waals surface area contributed by atoms with Crippen LogP contribution in [-0.2, 0) is 6.54 Å². The van der Waals surface area contributed by atoms with Crippen molar-refractivity contribution in [3.05, 3.63) is 70.8 Å². The molecule has 3 rings (SSSR count). The predicted octanol–water partition coefficient (Wildman–Crippen LogP) is 4.03. The molecule has 112 valence electrons. The monoisotopic (exact) mass is 303 g/mol. The van der Waals surface area contributed by atoms with Crippen LogP contribution in [0.25, 0.3) is 0 Å². The molecule has 0 spiro atoms. The van der Waals surface area contributed by atoms with Crippen LogP contribution in [0.4, 0.5) is 0 Å². The van der Waals surface area contributed by atoms with E-state index in [0.29, 0.717) is 6.04 Å². The lowest BCUT2D eigenvalue weighted by Gasteiger charge is -2.23. The summed E-state index contributed by atoms with van der Waals surface area (Å²) in [6.45, 7) is 3.04. The SMILES string of the molecule is Cc1ccc([C@H](O)C[C@@H]2c3ccccc3CN2C)cc1.Cl. The molecule has 2 atom stereocenters. The Morgan fingerprint density at radius 2 is 1.81 bits per heavy atom. The van der Waals surface area contributed by atoms with Gasteiger partial charge in [0.25, 0.3) is 0 Å². The average molecular weight is 304 g/mol. The van der Waals surface area contributed by atoms with Crippen molar-refractivity contribution >= 4 is 12.4 Å². The summed E-state index contributed by atoms with van der Waals surface area (Å²) >= 11 is 0. The van der Waals surface area contributed by atoms with Crippen LogP contribution in [0.3, 0.4) is 0 Å². The normalized spacial score (nSPS) is 18.9. The minimum atomic E-state index is -0.408. The van der Waals surface area contributed by atoms with E-state index < -0.39 is 6.10 Å². The summed E-state index contributed by atoms with van der Waals surface area (Å²) in [4.78, 5) is 2.32. The van der Waals surface area contributed by atoms with Crippen molar-refractivity contribution in [2.75, 3.05) is 7.05 Å². The maximum atomic E-state index is 10.5. The van der Waals surface area contributed by atoms with Crippen molar-refractivity contribution in [2.24, 2.45) is 0 Å². The lowest BCUT2D eigenvalue weighted by molar-refractivity contribution is 0.120. The van der Waals surface area contributed by atoms with Gasteiger partial charge < -0.3 is 5.11 Å². The van der Waals surface area contributed by atoms with E-state index >= 15 is 0 Å². The Morgan fingerprint density at radius 1 is 1.14 bits per heavy atom. The quantitative estimate of drug-likeness (QED) is 0.925. The molecule has 3 heteroatoms. The van der Waals surface area contributed by atoms with Gasteiger partial charge in [-0.3, -0.25) is 4.90 Å². The maximum Gasteiger partial charge on any atom is 0.0808 e. The van der Waals surface area contributed by atoms with Crippen LogP contribution >= 0.6 is 12.4 Å². The summed E-state index contributed by atoms with van der Waals surface area (Å²) in [7, 11) is 2.13. The van der Waals surface area contributed by atoms with Crippen molar-refractivity contribution in [3.63, 3.8) is 0 Å². The number of hydrogen-bond acceptors (Lipinski definition) is 2. The number of benzene rings is 2. The van der Waals surface area contributed by atoms with Gasteiger partial charge in [0, 0.05) is 12.6 Å². The van der Waals surface area contributed by atoms with Gasteiger partial charge in [0.15, 0.2) is 0 Å². The van der Waals surface area contributed by atoms with E-state index in [-0.39, 0.29) is 12.4 Å². The Balaban J connectivity index is 0.00000161. The zero-order valence-electron chi connectivity index (χ0n) is 12.5. The Hall–Kier alpha value is -1.35. The van der Waals surface area contributed by atoms with Crippen LogP contribution in [0.2, 0.25) is 0 Å². The fraction of sp³-hybridized carbons (Fsp3) is 0.333. The molecule has 0 saturated carbocycles. The zero-order chi connectivity index (χ0) is 14.1. The Bertz CT molecular complexity index is 596. The highest BCUT2D eigenvalue weighted by molar-refractivity contribution is 5.85. The smallest absolute Gasteiger partial charge is 0.0808 e. The molecule has 0 bridgehead atoms. The molecule has 1 N–H and O–H groups in total. The minimum Gasteiger partial charge on any atom is -0.388 e. The molecular formula is C18H22ClNO. The third-order valence-electron chi connectivity index (χ3n) is 4.27. The van der Waals surface area contributed by atoms with Crippen LogP contribution in [0.5, 0.6) is 0 Å². The van der Waals surface area contributed by atoms with Crippen molar-refractivity contribution in [1.29, 1.82) is 0 Å². The van der Waals surface area contributed by atoms with Gasteiger partial charge in [-0.25, -0.2) is 0 Å². The lowest BCUT2D eigenvalue weighted by atomic mass is 9.96. The summed E-state index contributed by atoms with van der Waals surface area (Å²) in [6, 6.07) is 17.0. The molecule has 0 saturated heterocycles. The number of fused-ring (bicyclic) bond motifs is 1.